The van der Waals surface area contributed by atoms with Crippen molar-refractivity contribution in [3.63, 3.8) is 0 Å². The summed E-state index contributed by atoms with van der Waals surface area (Å²) in [5, 5.41) is 6.05. The van der Waals surface area contributed by atoms with E-state index < -0.39 is 0 Å². The molecule has 0 unspecified atom stereocenters. The van der Waals surface area contributed by atoms with Gasteiger partial charge in [0.05, 0.1) is 6.26 Å². The minimum atomic E-state index is -0.0326. The number of likely N-dealkylation sites (N-methyl/N-ethyl adjacent to an activating group) is 1. The lowest BCUT2D eigenvalue weighted by molar-refractivity contribution is -0.127. The van der Waals surface area contributed by atoms with Crippen LogP contribution >= 0.6 is 0 Å². The smallest absolute Gasteiger partial charge is 0.243 e. The standard InChI is InChI=1S/C19H31N5O3/c1-20-17(25)13-15-7-10-24(11-8-15)19(22-14-18(26)23(2)3)21-9-6-16-5-4-12-27-16/h4-5,12,15H,6-11,13-14H2,1-3H3,(H,20,25)(H,21,22). The predicted octanol–water partition coefficient (Wildman–Crippen LogP) is 0.704. The average Bonchev–Trinajstić information content (AvgIpc) is 3.18. The first-order valence-corrected chi connectivity index (χ1v) is 9.46. The zero-order valence-electron chi connectivity index (χ0n) is 16.5. The number of amides is 2. The van der Waals surface area contributed by atoms with E-state index in [2.05, 4.69) is 20.5 Å². The van der Waals surface area contributed by atoms with Crippen molar-refractivity contribution in [1.29, 1.82) is 0 Å². The van der Waals surface area contributed by atoms with E-state index >= 15 is 0 Å². The Bertz CT molecular complexity index is 619. The summed E-state index contributed by atoms with van der Waals surface area (Å²) in [7, 11) is 5.13. The van der Waals surface area contributed by atoms with Crippen LogP contribution in [0, 0.1) is 5.92 Å². The SMILES string of the molecule is CNC(=O)CC1CCN(C(=NCC(=O)N(C)C)NCCc2ccco2)CC1. The van der Waals surface area contributed by atoms with Crippen LogP contribution in [0.2, 0.25) is 0 Å². The van der Waals surface area contributed by atoms with E-state index in [1.165, 1.54) is 0 Å². The highest BCUT2D eigenvalue weighted by Gasteiger charge is 2.23. The molecule has 2 rings (SSSR count). The molecule has 0 bridgehead atoms. The van der Waals surface area contributed by atoms with Gasteiger partial charge >= 0.3 is 0 Å². The second kappa shape index (κ2) is 10.6. The Hall–Kier alpha value is -2.51. The second-order valence-electron chi connectivity index (χ2n) is 6.99. The molecule has 8 nitrogen and oxygen atoms in total. The van der Waals surface area contributed by atoms with Gasteiger partial charge in [-0.15, -0.1) is 0 Å². The van der Waals surface area contributed by atoms with Crippen molar-refractivity contribution in [1.82, 2.24) is 20.4 Å². The molecule has 150 valence electrons. The van der Waals surface area contributed by atoms with Gasteiger partial charge in [-0.3, -0.25) is 9.59 Å². The van der Waals surface area contributed by atoms with E-state index in [-0.39, 0.29) is 18.4 Å². The van der Waals surface area contributed by atoms with Crippen LogP contribution in [0.5, 0.6) is 0 Å². The first kappa shape index (κ1) is 20.8. The quantitative estimate of drug-likeness (QED) is 0.539. The number of guanidine groups is 1. The summed E-state index contributed by atoms with van der Waals surface area (Å²) in [6.07, 6.45) is 4.86. The van der Waals surface area contributed by atoms with E-state index in [1.807, 2.05) is 12.1 Å². The van der Waals surface area contributed by atoms with Gasteiger partial charge in [-0.05, 0) is 30.9 Å². The van der Waals surface area contributed by atoms with Crippen LogP contribution in [-0.2, 0) is 16.0 Å². The van der Waals surface area contributed by atoms with Gasteiger partial charge in [0.2, 0.25) is 11.8 Å². The monoisotopic (exact) mass is 377 g/mol. The number of nitrogens with one attached hydrogen (secondary N) is 2. The van der Waals surface area contributed by atoms with Gasteiger partial charge in [0.25, 0.3) is 0 Å². The van der Waals surface area contributed by atoms with Gasteiger partial charge in [-0.1, -0.05) is 0 Å². The Morgan fingerprint density at radius 2 is 2.07 bits per heavy atom. The molecule has 1 aliphatic rings. The molecule has 0 atom stereocenters. The van der Waals surface area contributed by atoms with Crippen LogP contribution < -0.4 is 10.6 Å². The highest BCUT2D eigenvalue weighted by atomic mass is 16.3. The molecular formula is C19H31N5O3. The number of nitrogens with zero attached hydrogens (tertiary/aromatic N) is 3. The molecule has 27 heavy (non-hydrogen) atoms. The number of furan rings is 1. The molecule has 2 N–H and O–H groups in total. The molecule has 2 heterocycles. The number of likely N-dealkylation sites (tertiary alicyclic amines) is 1. The van der Waals surface area contributed by atoms with Crippen molar-refractivity contribution in [2.45, 2.75) is 25.7 Å². The summed E-state index contributed by atoms with van der Waals surface area (Å²) < 4.78 is 5.36. The van der Waals surface area contributed by atoms with Gasteiger partial charge in [-0.2, -0.15) is 0 Å². The van der Waals surface area contributed by atoms with Crippen molar-refractivity contribution in [3.8, 4) is 0 Å². The normalized spacial score (nSPS) is 15.5. The first-order valence-electron chi connectivity index (χ1n) is 9.46. The fraction of sp³-hybridized carbons (Fsp3) is 0.632. The highest BCUT2D eigenvalue weighted by Crippen LogP contribution is 2.20. The Labute approximate surface area is 161 Å². The molecule has 0 saturated carbocycles. The molecular weight excluding hydrogens is 346 g/mol. The van der Waals surface area contributed by atoms with Crippen molar-refractivity contribution in [3.05, 3.63) is 24.2 Å². The number of carbonyl (C=O) groups excluding carboxylic acids is 2. The van der Waals surface area contributed by atoms with Crippen LogP contribution in [0.3, 0.4) is 0 Å². The Balaban J connectivity index is 1.91. The third-order valence-electron chi connectivity index (χ3n) is 4.76. The fourth-order valence-corrected chi connectivity index (χ4v) is 3.02. The molecule has 1 fully saturated rings. The summed E-state index contributed by atoms with van der Waals surface area (Å²) >= 11 is 0. The number of rotatable bonds is 7. The van der Waals surface area contributed by atoms with E-state index in [0.29, 0.717) is 18.9 Å². The molecule has 0 spiro atoms. The van der Waals surface area contributed by atoms with Gasteiger partial charge in [-0.25, -0.2) is 4.99 Å². The number of hydrogen-bond donors (Lipinski definition) is 2. The number of carbonyl (C=O) groups is 2. The second-order valence-corrected chi connectivity index (χ2v) is 6.99. The maximum atomic E-state index is 11.9. The summed E-state index contributed by atoms with van der Waals surface area (Å²) in [6, 6.07) is 3.82. The lowest BCUT2D eigenvalue weighted by Gasteiger charge is -2.34. The van der Waals surface area contributed by atoms with Crippen molar-refractivity contribution < 1.29 is 14.0 Å². The first-order chi connectivity index (χ1) is 13.0. The molecule has 0 aliphatic carbocycles. The average molecular weight is 377 g/mol. The van der Waals surface area contributed by atoms with E-state index in [0.717, 1.165) is 44.1 Å². The maximum absolute atomic E-state index is 11.9. The van der Waals surface area contributed by atoms with E-state index in [9.17, 15) is 9.59 Å². The highest BCUT2D eigenvalue weighted by molar-refractivity contribution is 5.85. The minimum absolute atomic E-state index is 0.0326. The van der Waals surface area contributed by atoms with Crippen molar-refractivity contribution in [2.75, 3.05) is 47.3 Å². The van der Waals surface area contributed by atoms with Gasteiger partial charge in [0.1, 0.15) is 12.3 Å². The largest absolute Gasteiger partial charge is 0.469 e. The third kappa shape index (κ3) is 6.96. The Morgan fingerprint density at radius 3 is 2.67 bits per heavy atom. The zero-order valence-corrected chi connectivity index (χ0v) is 16.5. The Morgan fingerprint density at radius 1 is 1.33 bits per heavy atom. The molecule has 1 saturated heterocycles. The zero-order chi connectivity index (χ0) is 19.6. The molecule has 2 amide bonds. The summed E-state index contributed by atoms with van der Waals surface area (Å²) in [5.41, 5.74) is 0. The molecule has 1 aromatic rings. The van der Waals surface area contributed by atoms with E-state index in [1.54, 1.807) is 32.3 Å². The lowest BCUT2D eigenvalue weighted by atomic mass is 9.93. The van der Waals surface area contributed by atoms with Crippen LogP contribution in [0.25, 0.3) is 0 Å². The predicted molar refractivity (Wildman–Crippen MR) is 104 cm³/mol. The van der Waals surface area contributed by atoms with Crippen molar-refractivity contribution >= 4 is 17.8 Å². The van der Waals surface area contributed by atoms with Crippen LogP contribution in [0.4, 0.5) is 0 Å². The molecule has 0 aromatic carbocycles. The fourth-order valence-electron chi connectivity index (χ4n) is 3.02. The van der Waals surface area contributed by atoms with Crippen molar-refractivity contribution in [2.24, 2.45) is 10.9 Å². The summed E-state index contributed by atoms with van der Waals surface area (Å²) in [6.45, 7) is 2.45. The molecule has 0 radical (unpaired) electrons. The molecule has 1 aromatic heterocycles. The van der Waals surface area contributed by atoms with Gasteiger partial charge in [0, 0.05) is 53.6 Å². The van der Waals surface area contributed by atoms with Crippen LogP contribution in [0.15, 0.2) is 27.8 Å². The molecule has 1 aliphatic heterocycles. The van der Waals surface area contributed by atoms with Crippen LogP contribution in [-0.4, -0.2) is 74.9 Å². The Kier molecular flexibility index (Phi) is 8.16. The number of hydrogen-bond acceptors (Lipinski definition) is 4. The topological polar surface area (TPSA) is 90.2 Å². The van der Waals surface area contributed by atoms with Gasteiger partial charge < -0.3 is 24.9 Å². The lowest BCUT2D eigenvalue weighted by Crippen LogP contribution is -2.47. The third-order valence-corrected chi connectivity index (χ3v) is 4.76. The molecule has 8 heteroatoms. The summed E-state index contributed by atoms with van der Waals surface area (Å²) in [4.78, 5) is 31.7. The van der Waals surface area contributed by atoms with E-state index in [4.69, 9.17) is 4.42 Å². The summed E-state index contributed by atoms with van der Waals surface area (Å²) in [5.74, 6) is 2.12. The van der Waals surface area contributed by atoms with Gasteiger partial charge in [0.15, 0.2) is 5.96 Å². The minimum Gasteiger partial charge on any atom is -0.469 e. The van der Waals surface area contributed by atoms with Crippen LogP contribution in [0.1, 0.15) is 25.0 Å². The number of piperidine rings is 1. The number of aliphatic imine (C=N–C) groups is 1. The maximum Gasteiger partial charge on any atom is 0.243 e.